The molecule has 1 aromatic heterocycles. The molecule has 33 heavy (non-hydrogen) atoms. The highest BCUT2D eigenvalue weighted by atomic mass is 35.5. The normalized spacial score (nSPS) is 15.7. The summed E-state index contributed by atoms with van der Waals surface area (Å²) in [6.07, 6.45) is 2.50. The first kappa shape index (κ1) is 23.2. The number of rotatable bonds is 6. The summed E-state index contributed by atoms with van der Waals surface area (Å²) < 4.78 is 28.4. The first-order valence-corrected chi connectivity index (χ1v) is 12.6. The van der Waals surface area contributed by atoms with Crippen LogP contribution in [0.1, 0.15) is 24.1 Å². The second kappa shape index (κ2) is 9.91. The fourth-order valence-electron chi connectivity index (χ4n) is 3.81. The molecule has 1 aliphatic rings. The summed E-state index contributed by atoms with van der Waals surface area (Å²) in [6, 6.07) is 18.3. The molecule has 3 aromatic rings. The molecule has 7 nitrogen and oxygen atoms in total. The SMILES string of the molecule is Cc1cc(NC(=O)C2CCN(S(=O)(=O)/C=C/c3ccccc3)CC2)n(-c2cccc(Cl)c2)n1. The van der Waals surface area contributed by atoms with Crippen LogP contribution in [0.3, 0.4) is 0 Å². The third kappa shape index (κ3) is 5.71. The van der Waals surface area contributed by atoms with Gasteiger partial charge in [0, 0.05) is 35.5 Å². The molecule has 9 heteroatoms. The van der Waals surface area contributed by atoms with Crippen molar-refractivity contribution in [1.29, 1.82) is 0 Å². The van der Waals surface area contributed by atoms with Crippen LogP contribution in [0.2, 0.25) is 5.02 Å². The number of benzene rings is 2. The van der Waals surface area contributed by atoms with Gasteiger partial charge in [-0.25, -0.2) is 13.1 Å². The Balaban J connectivity index is 1.39. The molecule has 0 radical (unpaired) electrons. The molecule has 1 aliphatic heterocycles. The van der Waals surface area contributed by atoms with Crippen molar-refractivity contribution in [2.75, 3.05) is 18.4 Å². The molecule has 1 saturated heterocycles. The number of amides is 1. The van der Waals surface area contributed by atoms with Gasteiger partial charge in [-0.2, -0.15) is 9.40 Å². The summed E-state index contributed by atoms with van der Waals surface area (Å²) in [5, 5.41) is 9.22. The Morgan fingerprint density at radius 1 is 1.09 bits per heavy atom. The van der Waals surface area contributed by atoms with Crippen LogP contribution < -0.4 is 5.32 Å². The molecule has 0 bridgehead atoms. The number of aromatic nitrogens is 2. The van der Waals surface area contributed by atoms with E-state index in [0.29, 0.717) is 36.8 Å². The Morgan fingerprint density at radius 2 is 1.82 bits per heavy atom. The van der Waals surface area contributed by atoms with Gasteiger partial charge in [-0.15, -0.1) is 0 Å². The largest absolute Gasteiger partial charge is 0.310 e. The maximum absolute atomic E-state index is 12.9. The number of hydrogen-bond donors (Lipinski definition) is 1. The molecular formula is C24H25ClN4O3S. The molecular weight excluding hydrogens is 460 g/mol. The van der Waals surface area contributed by atoms with E-state index in [1.807, 2.05) is 49.4 Å². The first-order chi connectivity index (χ1) is 15.8. The van der Waals surface area contributed by atoms with E-state index in [1.165, 1.54) is 9.71 Å². The van der Waals surface area contributed by atoms with Crippen molar-refractivity contribution in [1.82, 2.24) is 14.1 Å². The topological polar surface area (TPSA) is 84.3 Å². The molecule has 0 unspecified atom stereocenters. The van der Waals surface area contributed by atoms with Gasteiger partial charge in [0.25, 0.3) is 0 Å². The number of piperidine rings is 1. The van der Waals surface area contributed by atoms with E-state index >= 15 is 0 Å². The Kier molecular flexibility index (Phi) is 6.97. The van der Waals surface area contributed by atoms with Gasteiger partial charge in [-0.05, 0) is 49.6 Å². The lowest BCUT2D eigenvalue weighted by molar-refractivity contribution is -0.120. The predicted molar refractivity (Wildman–Crippen MR) is 131 cm³/mol. The van der Waals surface area contributed by atoms with Crippen LogP contribution in [0.4, 0.5) is 5.82 Å². The summed E-state index contributed by atoms with van der Waals surface area (Å²) in [5.74, 6) is 0.133. The van der Waals surface area contributed by atoms with Crippen LogP contribution >= 0.6 is 11.6 Å². The molecule has 0 spiro atoms. The number of anilines is 1. The van der Waals surface area contributed by atoms with Gasteiger partial charge in [0.15, 0.2) is 0 Å². The fraction of sp³-hybridized carbons (Fsp3) is 0.250. The van der Waals surface area contributed by atoms with Crippen LogP contribution in [0.5, 0.6) is 0 Å². The van der Waals surface area contributed by atoms with Gasteiger partial charge >= 0.3 is 0 Å². The smallest absolute Gasteiger partial charge is 0.236 e. The van der Waals surface area contributed by atoms with Crippen molar-refractivity contribution in [3.8, 4) is 5.69 Å². The third-order valence-electron chi connectivity index (χ3n) is 5.55. The first-order valence-electron chi connectivity index (χ1n) is 10.7. The molecule has 2 heterocycles. The zero-order chi connectivity index (χ0) is 23.4. The van der Waals surface area contributed by atoms with E-state index in [2.05, 4.69) is 10.4 Å². The highest BCUT2D eigenvalue weighted by molar-refractivity contribution is 7.92. The number of carbonyl (C=O) groups is 1. The predicted octanol–water partition coefficient (Wildman–Crippen LogP) is 4.49. The summed E-state index contributed by atoms with van der Waals surface area (Å²) in [4.78, 5) is 12.9. The standard InChI is InChI=1S/C24H25ClN4O3S/c1-18-16-23(29(27-18)22-9-5-8-21(25)17-22)26-24(30)20-10-13-28(14-11-20)33(31,32)15-12-19-6-3-2-4-7-19/h2-9,12,15-17,20H,10-11,13-14H2,1H3,(H,26,30)/b15-12+. The fourth-order valence-corrected chi connectivity index (χ4v) is 5.21. The van der Waals surface area contributed by atoms with Gasteiger partial charge in [0.1, 0.15) is 5.82 Å². The highest BCUT2D eigenvalue weighted by Crippen LogP contribution is 2.24. The number of hydrogen-bond acceptors (Lipinski definition) is 4. The summed E-state index contributed by atoms with van der Waals surface area (Å²) in [7, 11) is -3.54. The van der Waals surface area contributed by atoms with E-state index in [1.54, 1.807) is 29.0 Å². The van der Waals surface area contributed by atoms with Crippen LogP contribution in [0.15, 0.2) is 66.1 Å². The average Bonchev–Trinajstić information content (AvgIpc) is 3.18. The van der Waals surface area contributed by atoms with E-state index < -0.39 is 10.0 Å². The number of halogens is 1. The zero-order valence-corrected chi connectivity index (χ0v) is 19.8. The molecule has 4 rings (SSSR count). The minimum absolute atomic E-state index is 0.143. The Morgan fingerprint density at radius 3 is 2.52 bits per heavy atom. The molecule has 1 amide bonds. The Hall–Kier alpha value is -2.94. The number of aryl methyl sites for hydroxylation is 1. The van der Waals surface area contributed by atoms with E-state index in [-0.39, 0.29) is 11.8 Å². The van der Waals surface area contributed by atoms with Gasteiger partial charge in [-0.1, -0.05) is 48.0 Å². The number of nitrogens with zero attached hydrogens (tertiary/aromatic N) is 3. The van der Waals surface area contributed by atoms with Crippen LogP contribution in [0.25, 0.3) is 11.8 Å². The number of carbonyl (C=O) groups excluding carboxylic acids is 1. The second-order valence-electron chi connectivity index (χ2n) is 7.98. The number of nitrogens with one attached hydrogen (secondary N) is 1. The highest BCUT2D eigenvalue weighted by Gasteiger charge is 2.30. The van der Waals surface area contributed by atoms with Crippen LogP contribution in [-0.2, 0) is 14.8 Å². The maximum atomic E-state index is 12.9. The minimum Gasteiger partial charge on any atom is -0.310 e. The maximum Gasteiger partial charge on any atom is 0.236 e. The van der Waals surface area contributed by atoms with Gasteiger partial charge in [-0.3, -0.25) is 4.79 Å². The van der Waals surface area contributed by atoms with Gasteiger partial charge < -0.3 is 5.32 Å². The van der Waals surface area contributed by atoms with Crippen molar-refractivity contribution in [2.45, 2.75) is 19.8 Å². The van der Waals surface area contributed by atoms with Crippen molar-refractivity contribution < 1.29 is 13.2 Å². The van der Waals surface area contributed by atoms with E-state index in [0.717, 1.165) is 16.9 Å². The quantitative estimate of drug-likeness (QED) is 0.558. The lowest BCUT2D eigenvalue weighted by Gasteiger charge is -2.29. The molecule has 0 aliphatic carbocycles. The molecule has 1 fully saturated rings. The van der Waals surface area contributed by atoms with Crippen molar-refractivity contribution in [2.24, 2.45) is 5.92 Å². The second-order valence-corrected chi connectivity index (χ2v) is 10.2. The minimum atomic E-state index is -3.54. The summed E-state index contributed by atoms with van der Waals surface area (Å²) in [6.45, 7) is 2.45. The lowest BCUT2D eigenvalue weighted by Crippen LogP contribution is -2.40. The van der Waals surface area contributed by atoms with Crippen molar-refractivity contribution in [3.05, 3.63) is 82.4 Å². The molecule has 0 atom stereocenters. The van der Waals surface area contributed by atoms with Crippen molar-refractivity contribution in [3.63, 3.8) is 0 Å². The van der Waals surface area contributed by atoms with E-state index in [9.17, 15) is 13.2 Å². The van der Waals surface area contributed by atoms with Gasteiger partial charge in [0.05, 0.1) is 11.4 Å². The molecule has 172 valence electrons. The third-order valence-corrected chi connectivity index (χ3v) is 7.35. The average molecular weight is 485 g/mol. The Bertz CT molecular complexity index is 1260. The summed E-state index contributed by atoms with van der Waals surface area (Å²) >= 11 is 6.10. The van der Waals surface area contributed by atoms with Gasteiger partial charge in [0.2, 0.25) is 15.9 Å². The lowest BCUT2D eigenvalue weighted by atomic mass is 9.97. The monoisotopic (exact) mass is 484 g/mol. The van der Waals surface area contributed by atoms with Crippen LogP contribution in [-0.4, -0.2) is 41.5 Å². The zero-order valence-electron chi connectivity index (χ0n) is 18.2. The van der Waals surface area contributed by atoms with E-state index in [4.69, 9.17) is 11.6 Å². The molecule has 0 saturated carbocycles. The number of sulfonamides is 1. The molecule has 1 N–H and O–H groups in total. The molecule has 2 aromatic carbocycles. The van der Waals surface area contributed by atoms with Crippen LogP contribution in [0, 0.1) is 12.8 Å². The summed E-state index contributed by atoms with van der Waals surface area (Å²) in [5.41, 5.74) is 2.33. The van der Waals surface area contributed by atoms with Crippen molar-refractivity contribution >= 4 is 39.4 Å². The Labute approximate surface area is 198 Å².